The third-order valence-electron chi connectivity index (χ3n) is 5.99. The van der Waals surface area contributed by atoms with E-state index >= 15 is 0 Å². The number of para-hydroxylation sites is 1. The first-order chi connectivity index (χ1) is 15.3. The molecule has 1 aliphatic rings. The van der Waals surface area contributed by atoms with Crippen molar-refractivity contribution < 1.29 is 14.4 Å². The van der Waals surface area contributed by atoms with Gasteiger partial charge in [-0.15, -0.1) is 0 Å². The number of hydrogen-bond donors (Lipinski definition) is 3. The summed E-state index contributed by atoms with van der Waals surface area (Å²) in [5, 5.41) is 5.83. The molecule has 1 atom stereocenters. The van der Waals surface area contributed by atoms with E-state index in [1.54, 1.807) is 0 Å². The highest BCUT2D eigenvalue weighted by atomic mass is 16.2. The molecule has 0 radical (unpaired) electrons. The predicted octanol–water partition coefficient (Wildman–Crippen LogP) is 5.05. The van der Waals surface area contributed by atoms with E-state index in [2.05, 4.69) is 36.4 Å². The Morgan fingerprint density at radius 3 is 2.47 bits per heavy atom. The quantitative estimate of drug-likeness (QED) is 0.513. The zero-order valence-corrected chi connectivity index (χ0v) is 19.6. The summed E-state index contributed by atoms with van der Waals surface area (Å²) in [5.74, 6) is -0.458. The lowest BCUT2D eigenvalue weighted by Crippen LogP contribution is -2.44. The Morgan fingerprint density at radius 1 is 1.09 bits per heavy atom. The first-order valence-corrected chi connectivity index (χ1v) is 11.7. The maximum absolute atomic E-state index is 13.3. The summed E-state index contributed by atoms with van der Waals surface area (Å²) in [6.45, 7) is 8.24. The standard InChI is InChI=1S/C26H35N3O3/c1-5-7-14-19(24(31)27-17-12-9-8-10-13-17)29-25(32)23-18(11-6-2)22-20(28-23)15-26(3,4)16-21(22)30/h8-10,12-13,19,28H,5-7,11,14-16H2,1-4H3,(H,27,31)(H,29,32)/t19-/m0/s1. The molecule has 3 N–H and O–H groups in total. The number of anilines is 1. The maximum Gasteiger partial charge on any atom is 0.268 e. The minimum atomic E-state index is -0.649. The van der Waals surface area contributed by atoms with Crippen molar-refractivity contribution in [3.63, 3.8) is 0 Å². The molecule has 0 saturated heterocycles. The van der Waals surface area contributed by atoms with Gasteiger partial charge in [-0.1, -0.05) is 65.2 Å². The number of H-pyrrole nitrogens is 1. The van der Waals surface area contributed by atoms with Gasteiger partial charge in [-0.05, 0) is 42.4 Å². The maximum atomic E-state index is 13.3. The largest absolute Gasteiger partial charge is 0.354 e. The first kappa shape index (κ1) is 23.8. The molecular formula is C26H35N3O3. The second-order valence-electron chi connectivity index (χ2n) is 9.55. The summed E-state index contributed by atoms with van der Waals surface area (Å²) >= 11 is 0. The van der Waals surface area contributed by atoms with Gasteiger partial charge in [0.1, 0.15) is 11.7 Å². The SMILES string of the molecule is CCCC[C@H](NC(=O)c1[nH]c2c(c1CCC)C(=O)CC(C)(C)C2)C(=O)Nc1ccccc1. The lowest BCUT2D eigenvalue weighted by molar-refractivity contribution is -0.118. The Bertz CT molecular complexity index is 976. The zero-order valence-electron chi connectivity index (χ0n) is 19.6. The van der Waals surface area contributed by atoms with Gasteiger partial charge >= 0.3 is 0 Å². The normalized spacial score (nSPS) is 15.7. The van der Waals surface area contributed by atoms with E-state index in [9.17, 15) is 14.4 Å². The van der Waals surface area contributed by atoms with Crippen LogP contribution in [0.15, 0.2) is 30.3 Å². The van der Waals surface area contributed by atoms with Crippen LogP contribution in [0, 0.1) is 5.41 Å². The molecular weight excluding hydrogens is 402 g/mol. The zero-order chi connectivity index (χ0) is 23.3. The fourth-order valence-electron chi connectivity index (χ4n) is 4.48. The van der Waals surface area contributed by atoms with Crippen molar-refractivity contribution in [3.05, 3.63) is 52.8 Å². The van der Waals surface area contributed by atoms with Crippen LogP contribution in [0.25, 0.3) is 0 Å². The number of fused-ring (bicyclic) bond motifs is 1. The second-order valence-corrected chi connectivity index (χ2v) is 9.55. The van der Waals surface area contributed by atoms with Gasteiger partial charge in [-0.25, -0.2) is 0 Å². The summed E-state index contributed by atoms with van der Waals surface area (Å²) in [6, 6.07) is 8.59. The molecule has 1 aromatic heterocycles. The third kappa shape index (κ3) is 5.47. The van der Waals surface area contributed by atoms with Crippen LogP contribution < -0.4 is 10.6 Å². The fourth-order valence-corrected chi connectivity index (χ4v) is 4.48. The Morgan fingerprint density at radius 2 is 1.81 bits per heavy atom. The summed E-state index contributed by atoms with van der Waals surface area (Å²) in [5.41, 5.74) is 3.32. The number of benzene rings is 1. The summed E-state index contributed by atoms with van der Waals surface area (Å²) < 4.78 is 0. The molecule has 0 spiro atoms. The molecule has 6 heteroatoms. The van der Waals surface area contributed by atoms with Gasteiger partial charge in [0, 0.05) is 23.4 Å². The first-order valence-electron chi connectivity index (χ1n) is 11.7. The average molecular weight is 438 g/mol. The average Bonchev–Trinajstić information content (AvgIpc) is 3.09. The van der Waals surface area contributed by atoms with E-state index in [1.807, 2.05) is 37.3 Å². The highest BCUT2D eigenvalue weighted by molar-refractivity contribution is 6.06. The lowest BCUT2D eigenvalue weighted by Gasteiger charge is -2.28. The van der Waals surface area contributed by atoms with Gasteiger partial charge in [0.15, 0.2) is 5.78 Å². The van der Waals surface area contributed by atoms with Crippen molar-refractivity contribution in [3.8, 4) is 0 Å². The molecule has 0 fully saturated rings. The van der Waals surface area contributed by atoms with E-state index in [0.717, 1.165) is 36.9 Å². The van der Waals surface area contributed by atoms with Crippen molar-refractivity contribution in [2.45, 2.75) is 78.7 Å². The Kier molecular flexibility index (Phi) is 7.54. The molecule has 32 heavy (non-hydrogen) atoms. The van der Waals surface area contributed by atoms with Crippen LogP contribution in [-0.2, 0) is 17.6 Å². The number of rotatable bonds is 9. The van der Waals surface area contributed by atoms with Crippen LogP contribution >= 0.6 is 0 Å². The molecule has 172 valence electrons. The van der Waals surface area contributed by atoms with Crippen molar-refractivity contribution in [2.75, 3.05) is 5.32 Å². The summed E-state index contributed by atoms with van der Waals surface area (Å²) in [6.07, 6.45) is 4.98. The van der Waals surface area contributed by atoms with Gasteiger partial charge in [-0.3, -0.25) is 14.4 Å². The molecule has 0 bridgehead atoms. The van der Waals surface area contributed by atoms with E-state index < -0.39 is 6.04 Å². The van der Waals surface area contributed by atoms with Crippen molar-refractivity contribution in [2.24, 2.45) is 5.41 Å². The number of Topliss-reactive ketones (excluding diaryl/α,β-unsaturated/α-hetero) is 1. The van der Waals surface area contributed by atoms with Crippen molar-refractivity contribution in [1.82, 2.24) is 10.3 Å². The van der Waals surface area contributed by atoms with Crippen LogP contribution in [0.5, 0.6) is 0 Å². The lowest BCUT2D eigenvalue weighted by atomic mass is 9.75. The Labute approximate surface area is 190 Å². The van der Waals surface area contributed by atoms with Crippen LogP contribution in [0.4, 0.5) is 5.69 Å². The summed E-state index contributed by atoms with van der Waals surface area (Å²) in [7, 11) is 0. The number of unbranched alkanes of at least 4 members (excludes halogenated alkanes) is 1. The van der Waals surface area contributed by atoms with Crippen LogP contribution in [0.3, 0.4) is 0 Å². The number of carbonyl (C=O) groups excluding carboxylic acids is 3. The van der Waals surface area contributed by atoms with E-state index in [4.69, 9.17) is 0 Å². The topological polar surface area (TPSA) is 91.1 Å². The Balaban J connectivity index is 1.85. The van der Waals surface area contributed by atoms with Crippen LogP contribution in [0.2, 0.25) is 0 Å². The molecule has 2 aromatic rings. The number of nitrogens with one attached hydrogen (secondary N) is 3. The third-order valence-corrected chi connectivity index (χ3v) is 5.99. The van der Waals surface area contributed by atoms with Crippen molar-refractivity contribution >= 4 is 23.3 Å². The number of carbonyl (C=O) groups is 3. The Hall–Kier alpha value is -2.89. The highest BCUT2D eigenvalue weighted by Crippen LogP contribution is 2.37. The van der Waals surface area contributed by atoms with E-state index in [0.29, 0.717) is 36.2 Å². The second kappa shape index (κ2) is 10.2. The van der Waals surface area contributed by atoms with Gasteiger partial charge in [0.2, 0.25) is 5.91 Å². The van der Waals surface area contributed by atoms with Crippen molar-refractivity contribution in [1.29, 1.82) is 0 Å². The minimum absolute atomic E-state index is 0.0966. The van der Waals surface area contributed by atoms with Gasteiger partial charge < -0.3 is 15.6 Å². The van der Waals surface area contributed by atoms with E-state index in [1.165, 1.54) is 0 Å². The molecule has 1 heterocycles. The van der Waals surface area contributed by atoms with Gasteiger partial charge in [0.05, 0.1) is 0 Å². The van der Waals surface area contributed by atoms with Gasteiger partial charge in [0.25, 0.3) is 5.91 Å². The monoisotopic (exact) mass is 437 g/mol. The minimum Gasteiger partial charge on any atom is -0.354 e. The highest BCUT2D eigenvalue weighted by Gasteiger charge is 2.36. The molecule has 0 aliphatic heterocycles. The number of ketones is 1. The molecule has 0 unspecified atom stereocenters. The smallest absolute Gasteiger partial charge is 0.268 e. The molecule has 0 saturated carbocycles. The molecule has 1 aromatic carbocycles. The number of aromatic amines is 1. The number of hydrogen-bond acceptors (Lipinski definition) is 3. The molecule has 1 aliphatic carbocycles. The van der Waals surface area contributed by atoms with Crippen LogP contribution in [0.1, 0.15) is 91.9 Å². The van der Waals surface area contributed by atoms with E-state index in [-0.39, 0.29) is 23.0 Å². The number of aromatic nitrogens is 1. The fraction of sp³-hybridized carbons (Fsp3) is 0.500. The molecule has 6 nitrogen and oxygen atoms in total. The summed E-state index contributed by atoms with van der Waals surface area (Å²) in [4.78, 5) is 42.4. The number of amides is 2. The van der Waals surface area contributed by atoms with Crippen LogP contribution in [-0.4, -0.2) is 28.6 Å². The molecule has 2 amide bonds. The molecule has 3 rings (SSSR count). The predicted molar refractivity (Wildman–Crippen MR) is 127 cm³/mol. The van der Waals surface area contributed by atoms with Gasteiger partial charge in [-0.2, -0.15) is 0 Å².